The maximum atomic E-state index is 13.2. The van der Waals surface area contributed by atoms with Crippen LogP contribution in [-0.4, -0.2) is 87.5 Å². The number of hydrogen-bond donors (Lipinski definition) is 6. The van der Waals surface area contributed by atoms with Crippen LogP contribution in [0.1, 0.15) is 399 Å². The van der Waals surface area contributed by atoms with Gasteiger partial charge in [0.05, 0.1) is 25.4 Å². The van der Waals surface area contributed by atoms with Crippen molar-refractivity contribution in [1.29, 1.82) is 0 Å². The Morgan fingerprint density at radius 2 is 0.675 bits per heavy atom. The lowest BCUT2D eigenvalue weighted by atomic mass is 9.99. The molecule has 0 bridgehead atoms. The Balaban J connectivity index is 2.07. The summed E-state index contributed by atoms with van der Waals surface area (Å²) >= 11 is 0. The number of nitrogens with one attached hydrogen (secondary N) is 1. The van der Waals surface area contributed by atoms with Crippen LogP contribution < -0.4 is 5.32 Å². The van der Waals surface area contributed by atoms with Gasteiger partial charge in [-0.15, -0.1) is 0 Å². The third kappa shape index (κ3) is 52.6. The SMILES string of the molecule is CCCCCCCCCC/C=C\CCCCCCCCCCCCCCCCCCCC(=O)NC(COC1OC(CO)C(O)C(O)C1O)C(O)CCCCCCCCCCCCCCCCCCCCCCCCCCCCCCCCC. The van der Waals surface area contributed by atoms with Crippen LogP contribution in [-0.2, 0) is 14.3 Å². The van der Waals surface area contributed by atoms with Crippen LogP contribution in [0.15, 0.2) is 12.2 Å². The fraction of sp³-hybridized carbons (Fsp3) is 0.959. The summed E-state index contributed by atoms with van der Waals surface area (Å²) in [5.41, 5.74) is 0. The molecule has 0 radical (unpaired) electrons. The van der Waals surface area contributed by atoms with Crippen LogP contribution >= 0.6 is 0 Å². The second-order valence-corrected chi connectivity index (χ2v) is 26.5. The molecule has 7 atom stereocenters. The Kier molecular flexibility index (Phi) is 61.6. The summed E-state index contributed by atoms with van der Waals surface area (Å²) < 4.78 is 11.4. The van der Waals surface area contributed by atoms with Gasteiger partial charge in [-0.3, -0.25) is 4.79 Å². The number of allylic oxidation sites excluding steroid dienone is 2. The fourth-order valence-electron chi connectivity index (χ4n) is 12.5. The van der Waals surface area contributed by atoms with Gasteiger partial charge in [0.1, 0.15) is 24.4 Å². The van der Waals surface area contributed by atoms with E-state index < -0.39 is 49.5 Å². The number of carbonyl (C=O) groups is 1. The van der Waals surface area contributed by atoms with E-state index in [0.29, 0.717) is 12.8 Å². The van der Waals surface area contributed by atoms with Gasteiger partial charge in [-0.25, -0.2) is 0 Å². The highest BCUT2D eigenvalue weighted by molar-refractivity contribution is 5.76. The Hall–Kier alpha value is -1.07. The quantitative estimate of drug-likeness (QED) is 0.0261. The summed E-state index contributed by atoms with van der Waals surface area (Å²) in [7, 11) is 0. The van der Waals surface area contributed by atoms with Crippen molar-refractivity contribution in [2.75, 3.05) is 13.2 Å². The molecule has 0 spiro atoms. The molecular weight excluding hydrogens is 1030 g/mol. The molecule has 0 aliphatic carbocycles. The van der Waals surface area contributed by atoms with Crippen molar-refractivity contribution in [2.24, 2.45) is 0 Å². The topological polar surface area (TPSA) is 149 Å². The summed E-state index contributed by atoms with van der Waals surface area (Å²) in [6.45, 7) is 3.91. The summed E-state index contributed by atoms with van der Waals surface area (Å²) in [5, 5.41) is 55.0. The first-order valence-electron chi connectivity index (χ1n) is 37.4. The maximum Gasteiger partial charge on any atom is 0.220 e. The molecule has 9 heteroatoms. The van der Waals surface area contributed by atoms with Crippen LogP contribution in [0, 0.1) is 0 Å². The van der Waals surface area contributed by atoms with Crippen molar-refractivity contribution in [3.05, 3.63) is 12.2 Å². The van der Waals surface area contributed by atoms with E-state index in [1.807, 2.05) is 0 Å². The Bertz CT molecular complexity index is 1320. The minimum Gasteiger partial charge on any atom is -0.394 e. The Morgan fingerprint density at radius 1 is 0.398 bits per heavy atom. The van der Waals surface area contributed by atoms with Gasteiger partial charge in [0, 0.05) is 6.42 Å². The normalized spacial score (nSPS) is 18.2. The second-order valence-electron chi connectivity index (χ2n) is 26.5. The van der Waals surface area contributed by atoms with Gasteiger partial charge in [0.25, 0.3) is 0 Å². The predicted molar refractivity (Wildman–Crippen MR) is 355 cm³/mol. The minimum absolute atomic E-state index is 0.132. The van der Waals surface area contributed by atoms with E-state index in [-0.39, 0.29) is 12.5 Å². The van der Waals surface area contributed by atoms with E-state index in [9.17, 15) is 30.3 Å². The number of carbonyl (C=O) groups excluding carboxylic acids is 1. The van der Waals surface area contributed by atoms with Crippen LogP contribution in [0.5, 0.6) is 0 Å². The molecule has 1 aliphatic rings. The summed E-state index contributed by atoms with van der Waals surface area (Å²) in [5.74, 6) is -0.134. The third-order valence-corrected chi connectivity index (χ3v) is 18.4. The molecule has 0 aromatic carbocycles. The van der Waals surface area contributed by atoms with Gasteiger partial charge in [0.15, 0.2) is 6.29 Å². The first-order chi connectivity index (χ1) is 40.8. The Labute approximate surface area is 516 Å². The highest BCUT2D eigenvalue weighted by Gasteiger charge is 2.44. The molecule has 0 aromatic rings. The van der Waals surface area contributed by atoms with Gasteiger partial charge in [-0.05, 0) is 38.5 Å². The largest absolute Gasteiger partial charge is 0.394 e. The van der Waals surface area contributed by atoms with Crippen molar-refractivity contribution >= 4 is 5.91 Å². The molecular formula is C74H145NO8. The number of aliphatic hydroxyl groups is 5. The molecule has 1 heterocycles. The molecule has 83 heavy (non-hydrogen) atoms. The average Bonchev–Trinajstić information content (AvgIpc) is 3.60. The lowest BCUT2D eigenvalue weighted by Gasteiger charge is -2.40. The monoisotopic (exact) mass is 1180 g/mol. The molecule has 1 saturated heterocycles. The zero-order valence-electron chi connectivity index (χ0n) is 55.5. The summed E-state index contributed by atoms with van der Waals surface area (Å²) in [6, 6.07) is -0.717. The molecule has 1 rings (SSSR count). The molecule has 1 amide bonds. The van der Waals surface area contributed by atoms with Crippen LogP contribution in [0.3, 0.4) is 0 Å². The Morgan fingerprint density at radius 3 is 0.976 bits per heavy atom. The summed E-state index contributed by atoms with van der Waals surface area (Å²) in [6.07, 6.45) is 75.9. The van der Waals surface area contributed by atoms with Crippen molar-refractivity contribution in [1.82, 2.24) is 5.32 Å². The number of ether oxygens (including phenoxy) is 2. The van der Waals surface area contributed by atoms with Crippen LogP contribution in [0.4, 0.5) is 0 Å². The molecule has 0 aromatic heterocycles. The number of hydrogen-bond acceptors (Lipinski definition) is 8. The van der Waals surface area contributed by atoms with Crippen LogP contribution in [0.2, 0.25) is 0 Å². The molecule has 494 valence electrons. The number of aliphatic hydroxyl groups excluding tert-OH is 5. The minimum atomic E-state index is -1.55. The van der Waals surface area contributed by atoms with Crippen molar-refractivity contribution in [2.45, 2.75) is 442 Å². The summed E-state index contributed by atoms with van der Waals surface area (Å²) in [4.78, 5) is 13.2. The average molecular weight is 1180 g/mol. The van der Waals surface area contributed by atoms with Gasteiger partial charge in [-0.1, -0.05) is 366 Å². The van der Waals surface area contributed by atoms with E-state index in [0.717, 1.165) is 38.5 Å². The standard InChI is InChI=1S/C74H145NO8/c1-3-5-7-9-11-13-15-17-19-21-23-25-27-29-31-33-34-36-37-39-41-43-45-47-49-51-53-55-57-59-61-63-68(77)67(66-82-74-73(81)72(80)71(79)69(65-76)83-74)75-70(78)64-62-60-58-56-54-52-50-48-46-44-42-40-38-35-32-30-28-26-24-22-20-18-16-14-12-10-8-6-4-2/h22,24,67-69,71-74,76-77,79-81H,3-21,23,25-66H2,1-2H3,(H,75,78)/b24-22-. The molecule has 1 aliphatic heterocycles. The smallest absolute Gasteiger partial charge is 0.220 e. The highest BCUT2D eigenvalue weighted by atomic mass is 16.7. The first kappa shape index (κ1) is 79.9. The zero-order chi connectivity index (χ0) is 60.0. The second kappa shape index (κ2) is 63.9. The van der Waals surface area contributed by atoms with Gasteiger partial charge in [0.2, 0.25) is 5.91 Å². The van der Waals surface area contributed by atoms with Gasteiger partial charge < -0.3 is 40.3 Å². The molecule has 1 fully saturated rings. The highest BCUT2D eigenvalue weighted by Crippen LogP contribution is 2.24. The van der Waals surface area contributed by atoms with E-state index in [1.54, 1.807) is 0 Å². The van der Waals surface area contributed by atoms with E-state index >= 15 is 0 Å². The predicted octanol–water partition coefficient (Wildman–Crippen LogP) is 20.7. The number of unbranched alkanes of at least 4 members (excludes halogenated alkanes) is 55. The van der Waals surface area contributed by atoms with Crippen molar-refractivity contribution < 1.29 is 39.8 Å². The molecule has 6 N–H and O–H groups in total. The van der Waals surface area contributed by atoms with E-state index in [4.69, 9.17) is 9.47 Å². The number of amides is 1. The lowest BCUT2D eigenvalue weighted by molar-refractivity contribution is -0.302. The fourth-order valence-corrected chi connectivity index (χ4v) is 12.5. The maximum absolute atomic E-state index is 13.2. The van der Waals surface area contributed by atoms with Gasteiger partial charge in [-0.2, -0.15) is 0 Å². The zero-order valence-corrected chi connectivity index (χ0v) is 55.5. The molecule has 0 saturated carbocycles. The van der Waals surface area contributed by atoms with Crippen molar-refractivity contribution in [3.63, 3.8) is 0 Å². The van der Waals surface area contributed by atoms with Crippen molar-refractivity contribution in [3.8, 4) is 0 Å². The molecule has 9 nitrogen and oxygen atoms in total. The van der Waals surface area contributed by atoms with Crippen LogP contribution in [0.25, 0.3) is 0 Å². The molecule has 7 unspecified atom stereocenters. The van der Waals surface area contributed by atoms with E-state index in [1.165, 1.54) is 334 Å². The van der Waals surface area contributed by atoms with E-state index in [2.05, 4.69) is 31.3 Å². The first-order valence-corrected chi connectivity index (χ1v) is 37.4. The van der Waals surface area contributed by atoms with Gasteiger partial charge >= 0.3 is 0 Å². The number of rotatable bonds is 67. The third-order valence-electron chi connectivity index (χ3n) is 18.4. The lowest BCUT2D eigenvalue weighted by Crippen LogP contribution is -2.60.